The average molecular weight is 347 g/mol. The molecule has 4 aromatic rings. The van der Waals surface area contributed by atoms with Crippen molar-refractivity contribution in [3.05, 3.63) is 76.6 Å². The maximum absolute atomic E-state index is 12.2. The Hall–Kier alpha value is -3.32. The van der Waals surface area contributed by atoms with Crippen LogP contribution in [0, 0.1) is 0 Å². The highest BCUT2D eigenvalue weighted by atomic mass is 16.3. The molecule has 4 rings (SSSR count). The molecule has 0 spiro atoms. The van der Waals surface area contributed by atoms with Crippen molar-refractivity contribution in [3.8, 4) is 5.75 Å². The zero-order chi connectivity index (χ0) is 18.1. The molecular formula is C19H17N5O2. The van der Waals surface area contributed by atoms with Crippen molar-refractivity contribution in [2.75, 3.05) is 7.05 Å². The Morgan fingerprint density at radius 2 is 1.81 bits per heavy atom. The topological polar surface area (TPSA) is 83.6 Å². The molecule has 0 aliphatic rings. The van der Waals surface area contributed by atoms with E-state index in [0.29, 0.717) is 18.8 Å². The van der Waals surface area contributed by atoms with Gasteiger partial charge in [0, 0.05) is 25.4 Å². The van der Waals surface area contributed by atoms with E-state index < -0.39 is 0 Å². The summed E-state index contributed by atoms with van der Waals surface area (Å²) in [6.07, 6.45) is 3.34. The van der Waals surface area contributed by atoms with E-state index in [1.807, 2.05) is 36.2 Å². The van der Waals surface area contributed by atoms with Crippen LogP contribution in [-0.4, -0.2) is 36.4 Å². The molecule has 1 N–H and O–H groups in total. The first-order chi connectivity index (χ1) is 12.6. The molecule has 7 nitrogen and oxygen atoms in total. The second-order valence-corrected chi connectivity index (χ2v) is 6.20. The third-order valence-corrected chi connectivity index (χ3v) is 4.09. The van der Waals surface area contributed by atoms with Crippen LogP contribution in [0.5, 0.6) is 5.75 Å². The minimum atomic E-state index is -0.222. The molecule has 0 aliphatic carbocycles. The number of aromatic nitrogens is 4. The van der Waals surface area contributed by atoms with Crippen LogP contribution in [0.1, 0.15) is 11.4 Å². The average Bonchev–Trinajstić information content (AvgIpc) is 2.62. The normalized spacial score (nSPS) is 11.5. The minimum Gasteiger partial charge on any atom is -0.504 e. The third-order valence-electron chi connectivity index (χ3n) is 4.09. The number of hydrogen-bond acceptors (Lipinski definition) is 6. The number of fused-ring (bicyclic) bond motifs is 2. The maximum Gasteiger partial charge on any atom is 0.258 e. The lowest BCUT2D eigenvalue weighted by Gasteiger charge is -2.16. The Labute approximate surface area is 149 Å². The molecule has 0 atom stereocenters. The van der Waals surface area contributed by atoms with Crippen LogP contribution in [-0.2, 0) is 13.1 Å². The Bertz CT molecular complexity index is 1160. The van der Waals surface area contributed by atoms with Gasteiger partial charge in [0.1, 0.15) is 0 Å². The Morgan fingerprint density at radius 1 is 1.04 bits per heavy atom. The summed E-state index contributed by atoms with van der Waals surface area (Å²) in [6, 6.07) is 12.3. The van der Waals surface area contributed by atoms with Gasteiger partial charge in [-0.1, -0.05) is 12.1 Å². The van der Waals surface area contributed by atoms with E-state index in [-0.39, 0.29) is 17.0 Å². The summed E-state index contributed by atoms with van der Waals surface area (Å²) in [5.41, 5.74) is 3.18. The molecule has 0 fully saturated rings. The number of para-hydroxylation sites is 2. The Morgan fingerprint density at radius 3 is 2.65 bits per heavy atom. The fourth-order valence-electron chi connectivity index (χ4n) is 2.92. The van der Waals surface area contributed by atoms with Crippen LogP contribution in [0.25, 0.3) is 16.7 Å². The predicted octanol–water partition coefficient (Wildman–Crippen LogP) is 1.98. The molecule has 1 aromatic carbocycles. The number of pyridine rings is 1. The lowest BCUT2D eigenvalue weighted by molar-refractivity contribution is 0.311. The molecular weight excluding hydrogens is 330 g/mol. The van der Waals surface area contributed by atoms with Gasteiger partial charge < -0.3 is 5.11 Å². The SMILES string of the molecule is CN(Cc1cnc2ccccc2n1)Cc1cc(=O)n2cccc(O)c2n1. The van der Waals surface area contributed by atoms with Crippen molar-refractivity contribution < 1.29 is 5.11 Å². The third kappa shape index (κ3) is 3.12. The van der Waals surface area contributed by atoms with Gasteiger partial charge in [0.05, 0.1) is 28.6 Å². The fourth-order valence-corrected chi connectivity index (χ4v) is 2.92. The van der Waals surface area contributed by atoms with Crippen molar-refractivity contribution in [1.82, 2.24) is 24.3 Å². The van der Waals surface area contributed by atoms with Crippen LogP contribution in [0.2, 0.25) is 0 Å². The number of aromatic hydroxyl groups is 1. The van der Waals surface area contributed by atoms with Crippen molar-refractivity contribution in [1.29, 1.82) is 0 Å². The van der Waals surface area contributed by atoms with Crippen molar-refractivity contribution in [2.24, 2.45) is 0 Å². The number of nitrogens with zero attached hydrogens (tertiary/aromatic N) is 5. The van der Waals surface area contributed by atoms with Crippen molar-refractivity contribution >= 4 is 16.7 Å². The van der Waals surface area contributed by atoms with Gasteiger partial charge in [-0.25, -0.2) is 9.97 Å². The van der Waals surface area contributed by atoms with Gasteiger partial charge in [0.2, 0.25) is 0 Å². The molecule has 130 valence electrons. The molecule has 0 aliphatic heterocycles. The van der Waals surface area contributed by atoms with E-state index in [0.717, 1.165) is 16.7 Å². The van der Waals surface area contributed by atoms with E-state index >= 15 is 0 Å². The summed E-state index contributed by atoms with van der Waals surface area (Å²) in [4.78, 5) is 27.6. The van der Waals surface area contributed by atoms with E-state index in [4.69, 9.17) is 0 Å². The second kappa shape index (κ2) is 6.53. The van der Waals surface area contributed by atoms with Gasteiger partial charge in [0.25, 0.3) is 5.56 Å². The quantitative estimate of drug-likeness (QED) is 0.608. The smallest absolute Gasteiger partial charge is 0.258 e. The molecule has 0 saturated heterocycles. The molecule has 7 heteroatoms. The van der Waals surface area contributed by atoms with Crippen LogP contribution in [0.15, 0.2) is 59.7 Å². The highest BCUT2D eigenvalue weighted by molar-refractivity contribution is 5.73. The first-order valence-electron chi connectivity index (χ1n) is 8.19. The predicted molar refractivity (Wildman–Crippen MR) is 97.8 cm³/mol. The molecule has 0 saturated carbocycles. The fraction of sp³-hybridized carbons (Fsp3) is 0.158. The summed E-state index contributed by atoms with van der Waals surface area (Å²) in [5.74, 6) is -0.0190. The standard InChI is InChI=1S/C19H17N5O2/c1-23(12-14-10-20-15-5-2-3-6-16(15)21-14)11-13-9-18(26)24-8-4-7-17(25)19(24)22-13/h2-10,25H,11-12H2,1H3. The zero-order valence-corrected chi connectivity index (χ0v) is 14.2. The van der Waals surface area contributed by atoms with E-state index in [9.17, 15) is 9.90 Å². The monoisotopic (exact) mass is 347 g/mol. The van der Waals surface area contributed by atoms with Crippen LogP contribution in [0.3, 0.4) is 0 Å². The first-order valence-corrected chi connectivity index (χ1v) is 8.19. The van der Waals surface area contributed by atoms with Crippen LogP contribution < -0.4 is 5.56 Å². The van der Waals surface area contributed by atoms with Gasteiger partial charge in [-0.05, 0) is 31.3 Å². The highest BCUT2D eigenvalue weighted by Gasteiger charge is 2.09. The van der Waals surface area contributed by atoms with Gasteiger partial charge in [0.15, 0.2) is 11.4 Å². The molecule has 0 radical (unpaired) electrons. The van der Waals surface area contributed by atoms with Crippen molar-refractivity contribution in [3.63, 3.8) is 0 Å². The van der Waals surface area contributed by atoms with Crippen LogP contribution >= 0.6 is 0 Å². The minimum absolute atomic E-state index is 0.0190. The molecule has 26 heavy (non-hydrogen) atoms. The van der Waals surface area contributed by atoms with Gasteiger partial charge in [-0.15, -0.1) is 0 Å². The summed E-state index contributed by atoms with van der Waals surface area (Å²) in [7, 11) is 1.92. The van der Waals surface area contributed by atoms with Crippen molar-refractivity contribution in [2.45, 2.75) is 13.1 Å². The Kier molecular flexibility index (Phi) is 4.06. The highest BCUT2D eigenvalue weighted by Crippen LogP contribution is 2.15. The summed E-state index contributed by atoms with van der Waals surface area (Å²) in [5, 5.41) is 9.94. The molecule has 0 unspecified atom stereocenters. The molecule has 3 aromatic heterocycles. The lowest BCUT2D eigenvalue weighted by atomic mass is 10.3. The first kappa shape index (κ1) is 16.2. The molecule has 0 bridgehead atoms. The summed E-state index contributed by atoms with van der Waals surface area (Å²) >= 11 is 0. The van der Waals surface area contributed by atoms with Crippen LogP contribution in [0.4, 0.5) is 0 Å². The molecule has 3 heterocycles. The van der Waals surface area contributed by atoms with E-state index in [2.05, 4.69) is 15.0 Å². The van der Waals surface area contributed by atoms with E-state index in [1.165, 1.54) is 16.5 Å². The largest absolute Gasteiger partial charge is 0.504 e. The zero-order valence-electron chi connectivity index (χ0n) is 14.2. The summed E-state index contributed by atoms with van der Waals surface area (Å²) < 4.78 is 1.33. The number of benzene rings is 1. The summed E-state index contributed by atoms with van der Waals surface area (Å²) in [6.45, 7) is 1.02. The van der Waals surface area contributed by atoms with E-state index in [1.54, 1.807) is 18.5 Å². The maximum atomic E-state index is 12.2. The van der Waals surface area contributed by atoms with Gasteiger partial charge in [-0.2, -0.15) is 0 Å². The molecule has 0 amide bonds. The number of hydrogen-bond donors (Lipinski definition) is 1. The van der Waals surface area contributed by atoms with Gasteiger partial charge in [-0.3, -0.25) is 19.1 Å². The second-order valence-electron chi connectivity index (χ2n) is 6.20. The lowest BCUT2D eigenvalue weighted by Crippen LogP contribution is -2.22. The Balaban J connectivity index is 1.57. The van der Waals surface area contributed by atoms with Gasteiger partial charge >= 0.3 is 0 Å². The number of rotatable bonds is 4.